The van der Waals surface area contributed by atoms with Crippen molar-refractivity contribution in [3.8, 4) is 0 Å². The molecule has 3 rings (SSSR count). The first kappa shape index (κ1) is 18.6. The molecule has 1 N–H and O–H groups in total. The lowest BCUT2D eigenvalue weighted by atomic mass is 10.1. The number of anilines is 2. The Morgan fingerprint density at radius 3 is 2.33 bits per heavy atom. The van der Waals surface area contributed by atoms with E-state index in [1.165, 1.54) is 11.1 Å². The summed E-state index contributed by atoms with van der Waals surface area (Å²) in [7, 11) is 0. The first-order valence-electron chi connectivity index (χ1n) is 9.06. The summed E-state index contributed by atoms with van der Waals surface area (Å²) in [5.74, 6) is 0.403. The predicted octanol–water partition coefficient (Wildman–Crippen LogP) is 4.50. The van der Waals surface area contributed by atoms with Gasteiger partial charge in [-0.25, -0.2) is 9.97 Å². The molecule has 5 heteroatoms. The largest absolute Gasteiger partial charge is 0.335 e. The van der Waals surface area contributed by atoms with Crippen LogP contribution in [0.15, 0.2) is 60.9 Å². The molecule has 138 valence electrons. The zero-order valence-corrected chi connectivity index (χ0v) is 15.9. The summed E-state index contributed by atoms with van der Waals surface area (Å²) in [5, 5.41) is 3.17. The van der Waals surface area contributed by atoms with Crippen molar-refractivity contribution in [2.24, 2.45) is 0 Å². The van der Waals surface area contributed by atoms with E-state index in [2.05, 4.69) is 41.3 Å². The Kier molecular flexibility index (Phi) is 5.81. The molecule has 0 aliphatic carbocycles. The average Bonchev–Trinajstić information content (AvgIpc) is 2.70. The van der Waals surface area contributed by atoms with Gasteiger partial charge in [0.15, 0.2) is 0 Å². The second-order valence-electron chi connectivity index (χ2n) is 6.52. The molecule has 1 heterocycles. The maximum atomic E-state index is 12.8. The Hall–Kier alpha value is -3.21. The van der Waals surface area contributed by atoms with Gasteiger partial charge in [0.1, 0.15) is 0 Å². The smallest absolute Gasteiger partial charge is 0.257 e. The number of rotatable bonds is 6. The molecule has 1 aromatic heterocycles. The van der Waals surface area contributed by atoms with Gasteiger partial charge < -0.3 is 10.2 Å². The van der Waals surface area contributed by atoms with Crippen molar-refractivity contribution >= 4 is 17.5 Å². The molecule has 0 saturated carbocycles. The standard InChI is InChI=1S/C22H24N4O/c1-4-26(15-18-8-6-5-7-9-18)21(27)19-13-23-22(24-14-19)25-20-11-10-16(2)17(3)12-20/h5-14H,4,15H2,1-3H3,(H,23,24,25). The van der Waals surface area contributed by atoms with Crippen molar-refractivity contribution in [3.05, 3.63) is 83.2 Å². The molecule has 0 aliphatic rings. The Morgan fingerprint density at radius 2 is 1.70 bits per heavy atom. The van der Waals surface area contributed by atoms with E-state index in [9.17, 15) is 4.79 Å². The average molecular weight is 360 g/mol. The van der Waals surface area contributed by atoms with Crippen LogP contribution >= 0.6 is 0 Å². The number of amides is 1. The van der Waals surface area contributed by atoms with Gasteiger partial charge in [-0.2, -0.15) is 0 Å². The summed E-state index contributed by atoms with van der Waals surface area (Å²) in [6, 6.07) is 16.1. The number of hydrogen-bond acceptors (Lipinski definition) is 4. The first-order valence-corrected chi connectivity index (χ1v) is 9.06. The quantitative estimate of drug-likeness (QED) is 0.703. The maximum Gasteiger partial charge on any atom is 0.257 e. The highest BCUT2D eigenvalue weighted by Crippen LogP contribution is 2.17. The number of carbonyl (C=O) groups excluding carboxylic acids is 1. The third kappa shape index (κ3) is 4.70. The van der Waals surface area contributed by atoms with Gasteiger partial charge in [0, 0.05) is 31.2 Å². The van der Waals surface area contributed by atoms with Crippen LogP contribution in [0.2, 0.25) is 0 Å². The van der Waals surface area contributed by atoms with Gasteiger partial charge in [-0.05, 0) is 49.6 Å². The van der Waals surface area contributed by atoms with Crippen LogP contribution < -0.4 is 5.32 Å². The van der Waals surface area contributed by atoms with E-state index in [-0.39, 0.29) is 5.91 Å². The van der Waals surface area contributed by atoms with E-state index in [0.717, 1.165) is 11.3 Å². The Balaban J connectivity index is 1.69. The number of benzene rings is 2. The molecule has 3 aromatic rings. The zero-order valence-electron chi connectivity index (χ0n) is 15.9. The first-order chi connectivity index (χ1) is 13.1. The molecule has 0 aliphatic heterocycles. The maximum absolute atomic E-state index is 12.8. The number of hydrogen-bond donors (Lipinski definition) is 1. The molecule has 0 saturated heterocycles. The molecule has 27 heavy (non-hydrogen) atoms. The summed E-state index contributed by atoms with van der Waals surface area (Å²) < 4.78 is 0. The third-order valence-electron chi connectivity index (χ3n) is 4.55. The van der Waals surface area contributed by atoms with Crippen molar-refractivity contribution < 1.29 is 4.79 Å². The second kappa shape index (κ2) is 8.45. The van der Waals surface area contributed by atoms with Crippen molar-refractivity contribution in [1.29, 1.82) is 0 Å². The second-order valence-corrected chi connectivity index (χ2v) is 6.52. The van der Waals surface area contributed by atoms with E-state index in [4.69, 9.17) is 0 Å². The molecule has 2 aromatic carbocycles. The molecule has 1 amide bonds. The lowest BCUT2D eigenvalue weighted by Crippen LogP contribution is -2.30. The van der Waals surface area contributed by atoms with Gasteiger partial charge in [0.05, 0.1) is 5.56 Å². The van der Waals surface area contributed by atoms with Gasteiger partial charge in [0.2, 0.25) is 5.95 Å². The molecule has 0 fully saturated rings. The van der Waals surface area contributed by atoms with Crippen LogP contribution in [0, 0.1) is 13.8 Å². The molecular formula is C22H24N4O. The van der Waals surface area contributed by atoms with Crippen LogP contribution in [0.3, 0.4) is 0 Å². The molecule has 0 radical (unpaired) electrons. The van der Waals surface area contributed by atoms with Crippen molar-refractivity contribution in [1.82, 2.24) is 14.9 Å². The summed E-state index contributed by atoms with van der Waals surface area (Å²) in [6.07, 6.45) is 3.15. The molecule has 0 bridgehead atoms. The highest BCUT2D eigenvalue weighted by molar-refractivity contribution is 5.93. The Morgan fingerprint density at radius 1 is 1.00 bits per heavy atom. The lowest BCUT2D eigenvalue weighted by Gasteiger charge is -2.21. The lowest BCUT2D eigenvalue weighted by molar-refractivity contribution is 0.0752. The fraction of sp³-hybridized carbons (Fsp3) is 0.227. The fourth-order valence-corrected chi connectivity index (χ4v) is 2.76. The zero-order chi connectivity index (χ0) is 19.2. The summed E-state index contributed by atoms with van der Waals surface area (Å²) >= 11 is 0. The van der Waals surface area contributed by atoms with Crippen molar-refractivity contribution in [2.75, 3.05) is 11.9 Å². The topological polar surface area (TPSA) is 58.1 Å². The van der Waals surface area contributed by atoms with Crippen molar-refractivity contribution in [3.63, 3.8) is 0 Å². The minimum Gasteiger partial charge on any atom is -0.335 e. The molecule has 0 unspecified atom stereocenters. The third-order valence-corrected chi connectivity index (χ3v) is 4.55. The van der Waals surface area contributed by atoms with Gasteiger partial charge in [-0.1, -0.05) is 36.4 Å². The number of aromatic nitrogens is 2. The number of aryl methyl sites for hydroxylation is 2. The predicted molar refractivity (Wildman–Crippen MR) is 108 cm³/mol. The van der Waals surface area contributed by atoms with E-state index in [1.807, 2.05) is 43.3 Å². The summed E-state index contributed by atoms with van der Waals surface area (Å²) in [5.41, 5.74) is 4.95. The van der Waals surface area contributed by atoms with Crippen LogP contribution in [-0.2, 0) is 6.54 Å². The van der Waals surface area contributed by atoms with Crippen molar-refractivity contribution in [2.45, 2.75) is 27.3 Å². The van der Waals surface area contributed by atoms with Crippen LogP contribution in [-0.4, -0.2) is 27.3 Å². The minimum absolute atomic E-state index is 0.0703. The van der Waals surface area contributed by atoms with Crippen LogP contribution in [0.25, 0.3) is 0 Å². The highest BCUT2D eigenvalue weighted by Gasteiger charge is 2.15. The molecular weight excluding hydrogens is 336 g/mol. The normalized spacial score (nSPS) is 10.5. The molecule has 5 nitrogen and oxygen atoms in total. The van der Waals surface area contributed by atoms with Gasteiger partial charge in [-0.3, -0.25) is 4.79 Å². The summed E-state index contributed by atoms with van der Waals surface area (Å²) in [4.78, 5) is 23.1. The number of nitrogens with zero attached hydrogens (tertiary/aromatic N) is 3. The van der Waals surface area contributed by atoms with Gasteiger partial charge in [-0.15, -0.1) is 0 Å². The number of carbonyl (C=O) groups is 1. The van der Waals surface area contributed by atoms with Crippen LogP contribution in [0.1, 0.15) is 34.0 Å². The monoisotopic (exact) mass is 360 g/mol. The summed E-state index contributed by atoms with van der Waals surface area (Å²) in [6.45, 7) is 7.30. The van der Waals surface area contributed by atoms with E-state index in [0.29, 0.717) is 24.6 Å². The number of nitrogens with one attached hydrogen (secondary N) is 1. The van der Waals surface area contributed by atoms with Crippen LogP contribution in [0.4, 0.5) is 11.6 Å². The molecule has 0 atom stereocenters. The van der Waals surface area contributed by atoms with Crippen LogP contribution in [0.5, 0.6) is 0 Å². The highest BCUT2D eigenvalue weighted by atomic mass is 16.2. The van der Waals surface area contributed by atoms with E-state index < -0.39 is 0 Å². The van der Waals surface area contributed by atoms with Gasteiger partial charge >= 0.3 is 0 Å². The van der Waals surface area contributed by atoms with E-state index in [1.54, 1.807) is 17.3 Å². The molecule has 0 spiro atoms. The fourth-order valence-electron chi connectivity index (χ4n) is 2.76. The Labute approximate surface area is 160 Å². The minimum atomic E-state index is -0.0703. The van der Waals surface area contributed by atoms with E-state index >= 15 is 0 Å². The SMILES string of the molecule is CCN(Cc1ccccc1)C(=O)c1cnc(Nc2ccc(C)c(C)c2)nc1. The van der Waals surface area contributed by atoms with Gasteiger partial charge in [0.25, 0.3) is 5.91 Å². The Bertz CT molecular complexity index is 907.